The summed E-state index contributed by atoms with van der Waals surface area (Å²) in [5.74, 6) is -1.17. The highest BCUT2D eigenvalue weighted by molar-refractivity contribution is 5.79. The lowest BCUT2D eigenvalue weighted by Crippen LogP contribution is -2.39. The summed E-state index contributed by atoms with van der Waals surface area (Å²) < 4.78 is 5.52. The van der Waals surface area contributed by atoms with Crippen molar-refractivity contribution >= 4 is 18.0 Å². The van der Waals surface area contributed by atoms with Gasteiger partial charge in [-0.1, -0.05) is 55.0 Å². The number of rotatable bonds is 9. The molecule has 3 N–H and O–H groups in total. The van der Waals surface area contributed by atoms with Crippen molar-refractivity contribution in [3.63, 3.8) is 0 Å². The van der Waals surface area contributed by atoms with Gasteiger partial charge in [0, 0.05) is 24.9 Å². The molecule has 2 aromatic rings. The van der Waals surface area contributed by atoms with Crippen LogP contribution >= 0.6 is 0 Å². The number of carbonyl (C=O) groups excluding carboxylic acids is 2. The van der Waals surface area contributed by atoms with E-state index in [1.807, 2.05) is 24.3 Å². The van der Waals surface area contributed by atoms with Crippen molar-refractivity contribution in [1.29, 1.82) is 0 Å². The molecule has 0 spiro atoms. The van der Waals surface area contributed by atoms with Crippen LogP contribution in [-0.4, -0.2) is 42.3 Å². The van der Waals surface area contributed by atoms with Gasteiger partial charge in [0.2, 0.25) is 5.91 Å². The molecule has 0 bridgehead atoms. The Morgan fingerprint density at radius 1 is 0.941 bits per heavy atom. The van der Waals surface area contributed by atoms with Crippen LogP contribution in [0.15, 0.2) is 48.5 Å². The van der Waals surface area contributed by atoms with Crippen molar-refractivity contribution in [3.8, 4) is 11.1 Å². The van der Waals surface area contributed by atoms with Gasteiger partial charge in [-0.05, 0) is 54.4 Å². The van der Waals surface area contributed by atoms with Gasteiger partial charge in [0.1, 0.15) is 6.61 Å². The molecule has 0 saturated heterocycles. The molecule has 2 aliphatic carbocycles. The fourth-order valence-electron chi connectivity index (χ4n) is 5.10. The first-order valence-electron chi connectivity index (χ1n) is 12.1. The van der Waals surface area contributed by atoms with Crippen molar-refractivity contribution in [2.75, 3.05) is 13.2 Å². The van der Waals surface area contributed by atoms with E-state index >= 15 is 0 Å². The third-order valence-corrected chi connectivity index (χ3v) is 6.83. The Balaban J connectivity index is 1.13. The summed E-state index contributed by atoms with van der Waals surface area (Å²) >= 11 is 0. The second kappa shape index (κ2) is 11.2. The van der Waals surface area contributed by atoms with Crippen molar-refractivity contribution in [1.82, 2.24) is 10.6 Å². The molecule has 0 heterocycles. The Bertz CT molecular complexity index is 992. The molecule has 0 aliphatic heterocycles. The van der Waals surface area contributed by atoms with E-state index in [-0.39, 0.29) is 30.4 Å². The van der Waals surface area contributed by atoms with E-state index in [0.717, 1.165) is 12.8 Å². The lowest BCUT2D eigenvalue weighted by atomic mass is 9.86. The maximum Gasteiger partial charge on any atom is 0.407 e. The topological polar surface area (TPSA) is 105 Å². The van der Waals surface area contributed by atoms with Crippen LogP contribution in [0.2, 0.25) is 0 Å². The zero-order chi connectivity index (χ0) is 23.9. The molecule has 0 aromatic heterocycles. The molecule has 34 heavy (non-hydrogen) atoms. The van der Waals surface area contributed by atoms with Crippen molar-refractivity contribution in [2.24, 2.45) is 5.92 Å². The van der Waals surface area contributed by atoms with E-state index in [2.05, 4.69) is 34.9 Å². The summed E-state index contributed by atoms with van der Waals surface area (Å²) in [7, 11) is 0. The molecular weight excluding hydrogens is 432 g/mol. The zero-order valence-electron chi connectivity index (χ0n) is 19.3. The molecular formula is C27H32N2O5. The van der Waals surface area contributed by atoms with Crippen LogP contribution in [0.4, 0.5) is 4.79 Å². The molecule has 7 heteroatoms. The van der Waals surface area contributed by atoms with Crippen LogP contribution in [0.5, 0.6) is 0 Å². The Kier molecular flexibility index (Phi) is 7.83. The Hall–Kier alpha value is -3.35. The van der Waals surface area contributed by atoms with Gasteiger partial charge < -0.3 is 20.5 Å². The highest BCUT2D eigenvalue weighted by atomic mass is 16.5. The van der Waals surface area contributed by atoms with Crippen LogP contribution in [0.3, 0.4) is 0 Å². The molecule has 2 aromatic carbocycles. The van der Waals surface area contributed by atoms with Crippen molar-refractivity contribution in [3.05, 3.63) is 59.7 Å². The summed E-state index contributed by atoms with van der Waals surface area (Å²) in [6.07, 6.45) is 4.07. The summed E-state index contributed by atoms with van der Waals surface area (Å²) in [6, 6.07) is 16.4. The number of amides is 2. The van der Waals surface area contributed by atoms with Gasteiger partial charge in [-0.15, -0.1) is 0 Å². The van der Waals surface area contributed by atoms with Crippen molar-refractivity contribution in [2.45, 2.75) is 56.9 Å². The SMILES string of the molecule is O=C(CCCCNC(=O)OCC1c2ccccc2-c2ccccc21)NC1CCCC(C(=O)O)C1. The number of alkyl carbamates (subject to hydrolysis) is 1. The fourth-order valence-corrected chi connectivity index (χ4v) is 5.10. The lowest BCUT2D eigenvalue weighted by molar-refractivity contribution is -0.143. The van der Waals surface area contributed by atoms with E-state index in [1.165, 1.54) is 22.3 Å². The highest BCUT2D eigenvalue weighted by Gasteiger charge is 2.29. The highest BCUT2D eigenvalue weighted by Crippen LogP contribution is 2.44. The monoisotopic (exact) mass is 464 g/mol. The number of benzene rings is 2. The molecule has 2 aliphatic rings. The molecule has 2 atom stereocenters. The molecule has 4 rings (SSSR count). The number of carbonyl (C=O) groups is 3. The van der Waals surface area contributed by atoms with Crippen LogP contribution < -0.4 is 10.6 Å². The second-order valence-corrected chi connectivity index (χ2v) is 9.18. The average molecular weight is 465 g/mol. The first-order valence-corrected chi connectivity index (χ1v) is 12.1. The normalized spacial score (nSPS) is 19.1. The number of aliphatic carboxylic acids is 1. The van der Waals surface area contributed by atoms with Crippen LogP contribution in [0, 0.1) is 5.92 Å². The quantitative estimate of drug-likeness (QED) is 0.476. The van der Waals surface area contributed by atoms with E-state index in [4.69, 9.17) is 9.84 Å². The Morgan fingerprint density at radius 3 is 2.29 bits per heavy atom. The second-order valence-electron chi connectivity index (χ2n) is 9.18. The van der Waals surface area contributed by atoms with Gasteiger partial charge in [0.05, 0.1) is 5.92 Å². The molecule has 180 valence electrons. The molecule has 7 nitrogen and oxygen atoms in total. The van der Waals surface area contributed by atoms with E-state index in [9.17, 15) is 14.4 Å². The van der Waals surface area contributed by atoms with Crippen LogP contribution in [-0.2, 0) is 14.3 Å². The van der Waals surface area contributed by atoms with E-state index in [1.54, 1.807) is 0 Å². The number of hydrogen-bond donors (Lipinski definition) is 3. The van der Waals surface area contributed by atoms with Gasteiger partial charge in [0.25, 0.3) is 0 Å². The third-order valence-electron chi connectivity index (χ3n) is 6.83. The first kappa shape index (κ1) is 23.8. The maximum absolute atomic E-state index is 12.2. The number of nitrogens with one attached hydrogen (secondary N) is 2. The molecule has 2 unspecified atom stereocenters. The summed E-state index contributed by atoms with van der Waals surface area (Å²) in [5, 5.41) is 14.9. The smallest absolute Gasteiger partial charge is 0.407 e. The predicted molar refractivity (Wildman–Crippen MR) is 128 cm³/mol. The zero-order valence-corrected chi connectivity index (χ0v) is 19.3. The summed E-state index contributed by atoms with van der Waals surface area (Å²) in [5.41, 5.74) is 4.74. The van der Waals surface area contributed by atoms with Gasteiger partial charge >= 0.3 is 12.1 Å². The lowest BCUT2D eigenvalue weighted by Gasteiger charge is -2.27. The third kappa shape index (κ3) is 5.76. The van der Waals surface area contributed by atoms with Gasteiger partial charge in [0.15, 0.2) is 0 Å². The Morgan fingerprint density at radius 2 is 1.62 bits per heavy atom. The maximum atomic E-state index is 12.2. The predicted octanol–water partition coefficient (Wildman–Crippen LogP) is 4.46. The van der Waals surface area contributed by atoms with Gasteiger partial charge in [-0.25, -0.2) is 4.79 Å². The van der Waals surface area contributed by atoms with Crippen LogP contribution in [0.1, 0.15) is 62.0 Å². The van der Waals surface area contributed by atoms with E-state index < -0.39 is 12.1 Å². The molecule has 0 radical (unpaired) electrons. The fraction of sp³-hybridized carbons (Fsp3) is 0.444. The largest absolute Gasteiger partial charge is 0.481 e. The summed E-state index contributed by atoms with van der Waals surface area (Å²) in [6.45, 7) is 0.718. The number of unbranched alkanes of at least 4 members (excludes halogenated alkanes) is 1. The van der Waals surface area contributed by atoms with E-state index in [0.29, 0.717) is 38.6 Å². The van der Waals surface area contributed by atoms with Gasteiger partial charge in [-0.2, -0.15) is 0 Å². The molecule has 1 fully saturated rings. The first-order chi connectivity index (χ1) is 16.5. The molecule has 2 amide bonds. The summed E-state index contributed by atoms with van der Waals surface area (Å²) in [4.78, 5) is 35.5. The van der Waals surface area contributed by atoms with Gasteiger partial charge in [-0.3, -0.25) is 9.59 Å². The number of fused-ring (bicyclic) bond motifs is 3. The minimum Gasteiger partial charge on any atom is -0.481 e. The molecule has 1 saturated carbocycles. The number of carboxylic acid groups (broad SMARTS) is 1. The van der Waals surface area contributed by atoms with Crippen molar-refractivity contribution < 1.29 is 24.2 Å². The number of carboxylic acids is 1. The average Bonchev–Trinajstić information content (AvgIpc) is 3.16. The minimum atomic E-state index is -0.779. The number of ether oxygens (including phenoxy) is 1. The standard InChI is InChI=1S/C27H32N2O5/c30-25(29-19-9-7-8-18(16-19)26(31)32)14-5-6-15-28-27(33)34-17-24-22-12-3-1-10-20(22)21-11-2-4-13-23(21)24/h1-4,10-13,18-19,24H,5-9,14-17H2,(H,28,33)(H,29,30)(H,31,32). The number of hydrogen-bond acceptors (Lipinski definition) is 4. The van der Waals surface area contributed by atoms with Crippen LogP contribution in [0.25, 0.3) is 11.1 Å². The Labute approximate surface area is 199 Å². The minimum absolute atomic E-state index is 0.0300.